The molecule has 1 atom stereocenters. The lowest BCUT2D eigenvalue weighted by Crippen LogP contribution is -2.34. The van der Waals surface area contributed by atoms with E-state index < -0.39 is 0 Å². The van der Waals surface area contributed by atoms with Gasteiger partial charge in [-0.05, 0) is 49.2 Å². The van der Waals surface area contributed by atoms with E-state index in [2.05, 4.69) is 17.0 Å². The minimum absolute atomic E-state index is 0.0890. The van der Waals surface area contributed by atoms with Crippen LogP contribution in [0.15, 0.2) is 42.5 Å². The molecule has 3 aromatic rings. The molecule has 4 rings (SSSR count). The number of hydrogen-bond acceptors (Lipinski definition) is 5. The third-order valence-corrected chi connectivity index (χ3v) is 5.81. The molecule has 1 fully saturated rings. The molecule has 0 saturated carbocycles. The zero-order valence-corrected chi connectivity index (χ0v) is 17.9. The maximum atomic E-state index is 9.36. The standard InChI is InChI=1S/C24H24ClN3O2/c1-29-22-11-18-9-19(15-28-8-4-5-16(13-26)14-28)24(17-6-3-7-20(25)10-17)27-21(18)12-23(22)30-2/h3,6-7,9-12,16H,4-5,8,14-15H2,1-2H3/t16-/m1/s1. The first-order valence-corrected chi connectivity index (χ1v) is 10.4. The quantitative estimate of drug-likeness (QED) is 0.558. The molecule has 1 saturated heterocycles. The smallest absolute Gasteiger partial charge is 0.162 e. The first-order valence-electron chi connectivity index (χ1n) is 10.0. The molecule has 0 N–H and O–H groups in total. The number of nitriles is 1. The van der Waals surface area contributed by atoms with Crippen LogP contribution < -0.4 is 9.47 Å². The first-order chi connectivity index (χ1) is 14.6. The number of rotatable bonds is 5. The molecule has 0 aliphatic carbocycles. The largest absolute Gasteiger partial charge is 0.493 e. The topological polar surface area (TPSA) is 58.4 Å². The van der Waals surface area contributed by atoms with Gasteiger partial charge >= 0.3 is 0 Å². The van der Waals surface area contributed by atoms with Crippen molar-refractivity contribution < 1.29 is 9.47 Å². The van der Waals surface area contributed by atoms with E-state index in [1.165, 1.54) is 0 Å². The Bertz CT molecular complexity index is 1110. The van der Waals surface area contributed by atoms with Crippen molar-refractivity contribution >= 4 is 22.5 Å². The molecule has 5 nitrogen and oxygen atoms in total. The fourth-order valence-corrected chi connectivity index (χ4v) is 4.29. The van der Waals surface area contributed by atoms with Gasteiger partial charge in [-0.15, -0.1) is 0 Å². The van der Waals surface area contributed by atoms with Gasteiger partial charge in [-0.2, -0.15) is 5.26 Å². The van der Waals surface area contributed by atoms with E-state index in [-0.39, 0.29) is 5.92 Å². The average molecular weight is 422 g/mol. The monoisotopic (exact) mass is 421 g/mol. The molecule has 30 heavy (non-hydrogen) atoms. The van der Waals surface area contributed by atoms with Gasteiger partial charge < -0.3 is 9.47 Å². The Morgan fingerprint density at radius 3 is 2.70 bits per heavy atom. The van der Waals surface area contributed by atoms with Crippen LogP contribution in [-0.4, -0.2) is 37.2 Å². The number of nitrogens with zero attached hydrogens (tertiary/aromatic N) is 3. The number of aromatic nitrogens is 1. The summed E-state index contributed by atoms with van der Waals surface area (Å²) >= 11 is 6.27. The lowest BCUT2D eigenvalue weighted by atomic mass is 9.97. The van der Waals surface area contributed by atoms with Gasteiger partial charge in [0.05, 0.1) is 37.4 Å². The van der Waals surface area contributed by atoms with Gasteiger partial charge in [0, 0.05) is 35.1 Å². The number of fused-ring (bicyclic) bond motifs is 1. The van der Waals surface area contributed by atoms with Crippen LogP contribution in [0.5, 0.6) is 11.5 Å². The summed E-state index contributed by atoms with van der Waals surface area (Å²) in [7, 11) is 3.26. The second-order valence-corrected chi connectivity index (χ2v) is 8.05. The molecule has 2 aromatic carbocycles. The first kappa shape index (κ1) is 20.5. The fraction of sp³-hybridized carbons (Fsp3) is 0.333. The number of likely N-dealkylation sites (tertiary alicyclic amines) is 1. The van der Waals surface area contributed by atoms with Crippen LogP contribution in [0.2, 0.25) is 5.02 Å². The van der Waals surface area contributed by atoms with Crippen molar-refractivity contribution in [3.63, 3.8) is 0 Å². The highest BCUT2D eigenvalue weighted by atomic mass is 35.5. The normalized spacial score (nSPS) is 16.9. The van der Waals surface area contributed by atoms with Crippen LogP contribution in [0.1, 0.15) is 18.4 Å². The third kappa shape index (κ3) is 4.21. The molecule has 1 aromatic heterocycles. The minimum Gasteiger partial charge on any atom is -0.493 e. The Balaban J connectivity index is 1.82. The predicted octanol–water partition coefficient (Wildman–Crippen LogP) is 5.31. The van der Waals surface area contributed by atoms with Gasteiger partial charge in [0.1, 0.15) is 0 Å². The van der Waals surface area contributed by atoms with Crippen molar-refractivity contribution in [1.29, 1.82) is 5.26 Å². The Morgan fingerprint density at radius 1 is 1.17 bits per heavy atom. The molecule has 0 bridgehead atoms. The van der Waals surface area contributed by atoms with Gasteiger partial charge in [-0.25, -0.2) is 4.98 Å². The van der Waals surface area contributed by atoms with Gasteiger partial charge in [-0.1, -0.05) is 23.7 Å². The Kier molecular flexibility index (Phi) is 6.08. The number of halogens is 1. The zero-order chi connectivity index (χ0) is 21.1. The molecular weight excluding hydrogens is 398 g/mol. The highest BCUT2D eigenvalue weighted by molar-refractivity contribution is 6.30. The van der Waals surface area contributed by atoms with Crippen LogP contribution in [0.4, 0.5) is 0 Å². The summed E-state index contributed by atoms with van der Waals surface area (Å²) in [6.45, 7) is 2.50. The van der Waals surface area contributed by atoms with Crippen molar-refractivity contribution in [2.75, 3.05) is 27.3 Å². The second kappa shape index (κ2) is 8.91. The van der Waals surface area contributed by atoms with E-state index in [9.17, 15) is 5.26 Å². The predicted molar refractivity (Wildman–Crippen MR) is 119 cm³/mol. The Labute approximate surface area is 181 Å². The molecule has 0 spiro atoms. The SMILES string of the molecule is COc1cc2cc(CN3CCC[C@H](C#N)C3)c(-c3cccc(Cl)c3)nc2cc1OC. The second-order valence-electron chi connectivity index (χ2n) is 7.61. The molecule has 2 heterocycles. The molecule has 0 radical (unpaired) electrons. The van der Waals surface area contributed by atoms with Crippen molar-refractivity contribution in [2.24, 2.45) is 5.92 Å². The highest BCUT2D eigenvalue weighted by Crippen LogP contribution is 2.35. The number of ether oxygens (including phenoxy) is 2. The Morgan fingerprint density at radius 2 is 1.97 bits per heavy atom. The van der Waals surface area contributed by atoms with Crippen molar-refractivity contribution in [3.8, 4) is 28.8 Å². The van der Waals surface area contributed by atoms with E-state index in [1.807, 2.05) is 36.4 Å². The van der Waals surface area contributed by atoms with Gasteiger partial charge in [0.15, 0.2) is 11.5 Å². The lowest BCUT2D eigenvalue weighted by Gasteiger charge is -2.30. The summed E-state index contributed by atoms with van der Waals surface area (Å²) in [5.41, 5.74) is 3.81. The Hall–Kier alpha value is -2.81. The van der Waals surface area contributed by atoms with E-state index >= 15 is 0 Å². The summed E-state index contributed by atoms with van der Waals surface area (Å²) in [4.78, 5) is 7.33. The molecule has 1 aliphatic heterocycles. The van der Waals surface area contributed by atoms with Gasteiger partial charge in [0.25, 0.3) is 0 Å². The van der Waals surface area contributed by atoms with E-state index in [0.717, 1.165) is 60.2 Å². The molecule has 0 unspecified atom stereocenters. The molecule has 0 amide bonds. The minimum atomic E-state index is 0.0890. The van der Waals surface area contributed by atoms with Crippen molar-refractivity contribution in [2.45, 2.75) is 19.4 Å². The number of methoxy groups -OCH3 is 2. The number of benzene rings is 2. The summed E-state index contributed by atoms with van der Waals surface area (Å²) in [5.74, 6) is 1.41. The summed E-state index contributed by atoms with van der Waals surface area (Å²) < 4.78 is 10.9. The van der Waals surface area contributed by atoms with Crippen molar-refractivity contribution in [1.82, 2.24) is 9.88 Å². The van der Waals surface area contributed by atoms with Crippen LogP contribution in [0, 0.1) is 17.2 Å². The maximum absolute atomic E-state index is 9.36. The zero-order valence-electron chi connectivity index (χ0n) is 17.2. The molecule has 1 aliphatic rings. The maximum Gasteiger partial charge on any atom is 0.162 e. The van der Waals surface area contributed by atoms with E-state index in [4.69, 9.17) is 26.1 Å². The van der Waals surface area contributed by atoms with E-state index in [0.29, 0.717) is 16.5 Å². The number of pyridine rings is 1. The lowest BCUT2D eigenvalue weighted by molar-refractivity contribution is 0.192. The van der Waals surface area contributed by atoms with E-state index in [1.54, 1.807) is 14.2 Å². The number of hydrogen-bond donors (Lipinski definition) is 0. The molecule has 6 heteroatoms. The van der Waals surface area contributed by atoms with Crippen LogP contribution in [0.3, 0.4) is 0 Å². The van der Waals surface area contributed by atoms with Crippen LogP contribution in [-0.2, 0) is 6.54 Å². The summed E-state index contributed by atoms with van der Waals surface area (Å²) in [5, 5.41) is 11.0. The summed E-state index contributed by atoms with van der Waals surface area (Å²) in [6.07, 6.45) is 2.01. The highest BCUT2D eigenvalue weighted by Gasteiger charge is 2.21. The van der Waals surface area contributed by atoms with Gasteiger partial charge in [-0.3, -0.25) is 4.90 Å². The average Bonchev–Trinajstić information content (AvgIpc) is 2.77. The van der Waals surface area contributed by atoms with Crippen LogP contribution in [0.25, 0.3) is 22.2 Å². The fourth-order valence-electron chi connectivity index (χ4n) is 4.10. The van der Waals surface area contributed by atoms with Crippen LogP contribution >= 0.6 is 11.6 Å². The number of piperidine rings is 1. The molecule has 154 valence electrons. The molecular formula is C24H24ClN3O2. The summed E-state index contributed by atoms with van der Waals surface area (Å²) in [6, 6.07) is 16.2. The third-order valence-electron chi connectivity index (χ3n) is 5.58. The van der Waals surface area contributed by atoms with Crippen molar-refractivity contribution in [3.05, 3.63) is 53.1 Å². The van der Waals surface area contributed by atoms with Gasteiger partial charge in [0.2, 0.25) is 0 Å².